The Morgan fingerprint density at radius 2 is 1.76 bits per heavy atom. The van der Waals surface area contributed by atoms with Crippen LogP contribution in [0.15, 0.2) is 78.9 Å². The van der Waals surface area contributed by atoms with Gasteiger partial charge in [-0.05, 0) is 53.5 Å². The Balaban J connectivity index is 1.49. The topological polar surface area (TPSA) is 94.0 Å². The lowest BCUT2D eigenvalue weighted by atomic mass is 9.94. The van der Waals surface area contributed by atoms with Gasteiger partial charge < -0.3 is 16.0 Å². The first kappa shape index (κ1) is 25.9. The number of nitrogens with zero attached hydrogens (tertiary/aromatic N) is 1. The molecule has 6 nitrogen and oxygen atoms in total. The van der Waals surface area contributed by atoms with Gasteiger partial charge in [-0.2, -0.15) is 5.26 Å². The number of anilines is 2. The van der Waals surface area contributed by atoms with Crippen molar-refractivity contribution >= 4 is 23.1 Å². The largest absolute Gasteiger partial charge is 0.380 e. The molecule has 3 aromatic rings. The molecule has 6 heteroatoms. The molecule has 1 aliphatic rings. The average Bonchev–Trinajstić information content (AvgIpc) is 3.01. The van der Waals surface area contributed by atoms with E-state index in [0.29, 0.717) is 29.7 Å². The number of hydrogen-bond donors (Lipinski definition) is 3. The molecule has 3 aromatic carbocycles. The lowest BCUT2D eigenvalue weighted by Gasteiger charge is -2.24. The molecule has 0 saturated carbocycles. The zero-order valence-corrected chi connectivity index (χ0v) is 21.5. The van der Waals surface area contributed by atoms with Gasteiger partial charge in [0.2, 0.25) is 0 Å². The maximum Gasteiger partial charge on any atom is 0.256 e. The van der Waals surface area contributed by atoms with Gasteiger partial charge in [-0.25, -0.2) is 0 Å². The van der Waals surface area contributed by atoms with Crippen molar-refractivity contribution in [2.24, 2.45) is 5.92 Å². The van der Waals surface area contributed by atoms with Crippen molar-refractivity contribution in [3.63, 3.8) is 0 Å². The molecule has 0 bridgehead atoms. The molecular weight excluding hydrogens is 460 g/mol. The van der Waals surface area contributed by atoms with E-state index >= 15 is 0 Å². The summed E-state index contributed by atoms with van der Waals surface area (Å²) in [7, 11) is 0. The maximum absolute atomic E-state index is 12.8. The van der Waals surface area contributed by atoms with Gasteiger partial charge in [-0.3, -0.25) is 9.59 Å². The van der Waals surface area contributed by atoms with E-state index < -0.39 is 0 Å². The Hall–Kier alpha value is -4.21. The fourth-order valence-electron chi connectivity index (χ4n) is 4.67. The normalized spacial score (nSPS) is 15.0. The number of ketones is 1. The number of benzene rings is 3. The minimum Gasteiger partial charge on any atom is -0.380 e. The van der Waals surface area contributed by atoms with Crippen LogP contribution in [0.1, 0.15) is 59.4 Å². The summed E-state index contributed by atoms with van der Waals surface area (Å²) in [5.74, 6) is -0.174. The zero-order valence-electron chi connectivity index (χ0n) is 21.5. The van der Waals surface area contributed by atoms with E-state index in [9.17, 15) is 14.9 Å². The number of allylic oxidation sites excluding steroid dienone is 1. The Kier molecular flexibility index (Phi) is 7.86. The molecule has 1 amide bonds. The van der Waals surface area contributed by atoms with Crippen molar-refractivity contribution < 1.29 is 9.59 Å². The van der Waals surface area contributed by atoms with Crippen LogP contribution in [0.25, 0.3) is 0 Å². The van der Waals surface area contributed by atoms with Crippen LogP contribution < -0.4 is 16.0 Å². The highest BCUT2D eigenvalue weighted by Crippen LogP contribution is 2.34. The fourth-order valence-corrected chi connectivity index (χ4v) is 4.67. The van der Waals surface area contributed by atoms with Crippen LogP contribution in [0, 0.1) is 17.2 Å². The fraction of sp³-hybridized carbons (Fsp3) is 0.258. The molecule has 3 N–H and O–H groups in total. The minimum absolute atomic E-state index is 0.0123. The number of nitrogens with one attached hydrogen (secondary N) is 3. The molecule has 2 atom stereocenters. The third-order valence-electron chi connectivity index (χ3n) is 6.56. The van der Waals surface area contributed by atoms with Gasteiger partial charge in [0, 0.05) is 36.2 Å². The Morgan fingerprint density at radius 3 is 2.49 bits per heavy atom. The van der Waals surface area contributed by atoms with Crippen LogP contribution in [0.4, 0.5) is 11.4 Å². The van der Waals surface area contributed by atoms with Gasteiger partial charge in [0.05, 0.1) is 17.3 Å². The van der Waals surface area contributed by atoms with E-state index in [4.69, 9.17) is 0 Å². The standard InChI is InChI=1S/C31H32N4O2/c1-19(2)30(36)20(3)15-22-13-14-27(23(16-22)17-32)34-21(4)18-33-29-24-9-5-6-10-25(24)31(37)35-28-12-8-7-11-26(28)29/h5-14,16,19,21,29,33-34H,3,15,18H2,1-2,4H3,(H,35,37)/t21-,29?/m1/s1. The van der Waals surface area contributed by atoms with Gasteiger partial charge in [-0.1, -0.05) is 62.9 Å². The SMILES string of the molecule is C=C(Cc1ccc(N[C@H](C)CNC2c3ccccc3NC(=O)c3ccccc32)c(C#N)c1)C(=O)C(C)C. The first-order valence-corrected chi connectivity index (χ1v) is 12.5. The van der Waals surface area contributed by atoms with Crippen LogP contribution in [-0.2, 0) is 11.2 Å². The number of Topliss-reactive ketones (excluding diaryl/α,β-unsaturated/α-hetero) is 1. The van der Waals surface area contributed by atoms with Crippen molar-refractivity contribution in [3.05, 3.63) is 107 Å². The summed E-state index contributed by atoms with van der Waals surface area (Å²) in [5, 5.41) is 19.9. The smallest absolute Gasteiger partial charge is 0.256 e. The van der Waals surface area contributed by atoms with Gasteiger partial charge in [0.15, 0.2) is 5.78 Å². The third-order valence-corrected chi connectivity index (χ3v) is 6.56. The highest BCUT2D eigenvalue weighted by molar-refractivity contribution is 6.07. The van der Waals surface area contributed by atoms with Gasteiger partial charge in [-0.15, -0.1) is 0 Å². The second-order valence-corrected chi connectivity index (χ2v) is 9.81. The molecule has 0 spiro atoms. The molecule has 0 saturated heterocycles. The molecule has 1 heterocycles. The average molecular weight is 493 g/mol. The summed E-state index contributed by atoms with van der Waals surface area (Å²) in [6, 6.07) is 23.2. The summed E-state index contributed by atoms with van der Waals surface area (Å²) in [5.41, 5.74) is 6.07. The number of nitriles is 1. The van der Waals surface area contributed by atoms with Crippen LogP contribution in [-0.4, -0.2) is 24.3 Å². The van der Waals surface area contributed by atoms with E-state index in [1.54, 1.807) is 0 Å². The second kappa shape index (κ2) is 11.2. The van der Waals surface area contributed by atoms with Crippen LogP contribution in [0.3, 0.4) is 0 Å². The van der Waals surface area contributed by atoms with Crippen LogP contribution >= 0.6 is 0 Å². The predicted molar refractivity (Wildman–Crippen MR) is 148 cm³/mol. The summed E-state index contributed by atoms with van der Waals surface area (Å²) in [6.45, 7) is 10.3. The zero-order chi connectivity index (χ0) is 26.5. The molecule has 1 unspecified atom stereocenters. The first-order chi connectivity index (χ1) is 17.8. The van der Waals surface area contributed by atoms with Crippen LogP contribution in [0.5, 0.6) is 0 Å². The molecule has 0 aromatic heterocycles. The highest BCUT2D eigenvalue weighted by Gasteiger charge is 2.27. The minimum atomic E-state index is -0.169. The molecule has 1 aliphatic heterocycles. The lowest BCUT2D eigenvalue weighted by molar-refractivity contribution is -0.118. The number of carbonyl (C=O) groups excluding carboxylic acids is 2. The molecule has 188 valence electrons. The van der Waals surface area contributed by atoms with E-state index in [2.05, 4.69) is 28.6 Å². The van der Waals surface area contributed by atoms with Crippen LogP contribution in [0.2, 0.25) is 0 Å². The second-order valence-electron chi connectivity index (χ2n) is 9.81. The van der Waals surface area contributed by atoms with Crippen molar-refractivity contribution in [2.75, 3.05) is 17.2 Å². The Bertz CT molecular complexity index is 1390. The molecule has 0 fully saturated rings. The van der Waals surface area contributed by atoms with Gasteiger partial charge in [0.25, 0.3) is 5.91 Å². The monoisotopic (exact) mass is 492 g/mol. The third kappa shape index (κ3) is 5.79. The Morgan fingerprint density at radius 1 is 1.05 bits per heavy atom. The number of fused-ring (bicyclic) bond motifs is 2. The first-order valence-electron chi connectivity index (χ1n) is 12.5. The van der Waals surface area contributed by atoms with E-state index in [1.165, 1.54) is 0 Å². The molecule has 4 rings (SSSR count). The number of para-hydroxylation sites is 1. The Labute approximate surface area is 218 Å². The van der Waals surface area contributed by atoms with E-state index in [0.717, 1.165) is 28.1 Å². The number of hydrogen-bond acceptors (Lipinski definition) is 5. The lowest BCUT2D eigenvalue weighted by Crippen LogP contribution is -2.34. The van der Waals surface area contributed by atoms with E-state index in [-0.39, 0.29) is 29.7 Å². The highest BCUT2D eigenvalue weighted by atomic mass is 16.1. The predicted octanol–water partition coefficient (Wildman–Crippen LogP) is 5.63. The van der Waals surface area contributed by atoms with Crippen molar-refractivity contribution in [1.82, 2.24) is 5.32 Å². The summed E-state index contributed by atoms with van der Waals surface area (Å²) >= 11 is 0. The maximum atomic E-state index is 12.8. The number of carbonyl (C=O) groups is 2. The van der Waals surface area contributed by atoms with Crippen molar-refractivity contribution in [2.45, 2.75) is 39.3 Å². The molecule has 0 aliphatic carbocycles. The molecular formula is C31H32N4O2. The quantitative estimate of drug-likeness (QED) is 0.337. The van der Waals surface area contributed by atoms with Crippen molar-refractivity contribution in [1.29, 1.82) is 5.26 Å². The molecule has 37 heavy (non-hydrogen) atoms. The summed E-state index contributed by atoms with van der Waals surface area (Å²) < 4.78 is 0. The number of amides is 1. The van der Waals surface area contributed by atoms with Gasteiger partial charge >= 0.3 is 0 Å². The van der Waals surface area contributed by atoms with Gasteiger partial charge in [0.1, 0.15) is 6.07 Å². The summed E-state index contributed by atoms with van der Waals surface area (Å²) in [4.78, 5) is 25.0. The van der Waals surface area contributed by atoms with E-state index in [1.807, 2.05) is 87.5 Å². The van der Waals surface area contributed by atoms with Crippen molar-refractivity contribution in [3.8, 4) is 6.07 Å². The molecule has 0 radical (unpaired) electrons. The number of rotatable bonds is 9. The summed E-state index contributed by atoms with van der Waals surface area (Å²) in [6.07, 6.45) is 0.427.